The van der Waals surface area contributed by atoms with E-state index in [0.717, 1.165) is 52.9 Å². The zero-order valence-corrected chi connectivity index (χ0v) is 21.4. The molecule has 0 radical (unpaired) electrons. The third-order valence-corrected chi connectivity index (χ3v) is 7.85. The van der Waals surface area contributed by atoms with Crippen molar-refractivity contribution in [3.8, 4) is 28.4 Å². The maximum absolute atomic E-state index is 13.0. The summed E-state index contributed by atoms with van der Waals surface area (Å²) in [5.41, 5.74) is 10.3. The summed E-state index contributed by atoms with van der Waals surface area (Å²) in [5.74, 6) is 0.514. The van der Waals surface area contributed by atoms with Crippen molar-refractivity contribution in [1.82, 2.24) is 9.78 Å². The predicted molar refractivity (Wildman–Crippen MR) is 147 cm³/mol. The van der Waals surface area contributed by atoms with Gasteiger partial charge in [-0.3, -0.25) is 9.59 Å². The van der Waals surface area contributed by atoms with Crippen LogP contribution in [0.5, 0.6) is 11.5 Å². The van der Waals surface area contributed by atoms with Crippen molar-refractivity contribution in [2.45, 2.75) is 25.7 Å². The molecule has 8 nitrogen and oxygen atoms in total. The quantitative estimate of drug-likeness (QED) is 0.344. The molecule has 0 fully saturated rings. The maximum Gasteiger partial charge on any atom is 0.251 e. The van der Waals surface area contributed by atoms with E-state index in [1.807, 2.05) is 54.7 Å². The van der Waals surface area contributed by atoms with Gasteiger partial charge in [0.15, 0.2) is 11.5 Å². The van der Waals surface area contributed by atoms with Gasteiger partial charge in [0, 0.05) is 28.3 Å². The number of benzene rings is 2. The highest BCUT2D eigenvalue weighted by atomic mass is 32.1. The maximum atomic E-state index is 13.0. The van der Waals surface area contributed by atoms with Gasteiger partial charge in [-0.1, -0.05) is 18.2 Å². The summed E-state index contributed by atoms with van der Waals surface area (Å²) < 4.78 is 13.2. The first-order chi connectivity index (χ1) is 18.6. The fourth-order valence-corrected chi connectivity index (χ4v) is 6.17. The monoisotopic (exact) mass is 526 g/mol. The number of aromatic nitrogens is 2. The Morgan fingerprint density at radius 1 is 1.03 bits per heavy atom. The van der Waals surface area contributed by atoms with Crippen LogP contribution in [-0.4, -0.2) is 34.8 Å². The van der Waals surface area contributed by atoms with E-state index in [-0.39, 0.29) is 5.91 Å². The van der Waals surface area contributed by atoms with Gasteiger partial charge in [0.1, 0.15) is 23.9 Å². The van der Waals surface area contributed by atoms with Gasteiger partial charge in [-0.25, -0.2) is 4.68 Å². The first kappa shape index (κ1) is 24.0. The second kappa shape index (κ2) is 10.2. The summed E-state index contributed by atoms with van der Waals surface area (Å²) in [5, 5.41) is 8.23. The van der Waals surface area contributed by atoms with Crippen molar-refractivity contribution in [3.05, 3.63) is 82.4 Å². The summed E-state index contributed by atoms with van der Waals surface area (Å²) in [7, 11) is 0. The molecule has 38 heavy (non-hydrogen) atoms. The third kappa shape index (κ3) is 4.68. The van der Waals surface area contributed by atoms with E-state index in [2.05, 4.69) is 5.32 Å². The average molecular weight is 527 g/mol. The number of amides is 2. The van der Waals surface area contributed by atoms with Gasteiger partial charge in [0.25, 0.3) is 5.91 Å². The van der Waals surface area contributed by atoms with Crippen LogP contribution in [-0.2, 0) is 17.6 Å². The number of nitrogens with zero attached hydrogens (tertiary/aromatic N) is 2. The van der Waals surface area contributed by atoms with Crippen molar-refractivity contribution in [1.29, 1.82) is 0 Å². The SMILES string of the molecule is NC(=O)c1c(NC(=O)C=Cc2cn(-c3ccccc3)nc2-c2ccc3c(c2)OCCO3)sc2c1CCCC2. The Labute approximate surface area is 223 Å². The lowest BCUT2D eigenvalue weighted by Gasteiger charge is -2.18. The number of para-hydroxylation sites is 1. The van der Waals surface area contributed by atoms with E-state index in [0.29, 0.717) is 41.0 Å². The Morgan fingerprint density at radius 2 is 1.82 bits per heavy atom. The summed E-state index contributed by atoms with van der Waals surface area (Å²) in [6.07, 6.45) is 8.88. The molecule has 0 bridgehead atoms. The van der Waals surface area contributed by atoms with Crippen molar-refractivity contribution in [3.63, 3.8) is 0 Å². The molecule has 0 atom stereocenters. The summed E-state index contributed by atoms with van der Waals surface area (Å²) >= 11 is 1.45. The van der Waals surface area contributed by atoms with E-state index in [4.69, 9.17) is 20.3 Å². The lowest BCUT2D eigenvalue weighted by molar-refractivity contribution is -0.111. The summed E-state index contributed by atoms with van der Waals surface area (Å²) in [6.45, 7) is 1.00. The number of anilines is 1. The Kier molecular flexibility index (Phi) is 6.43. The highest BCUT2D eigenvalue weighted by Gasteiger charge is 2.24. The molecule has 2 aromatic heterocycles. The lowest BCUT2D eigenvalue weighted by Crippen LogP contribution is -2.17. The van der Waals surface area contributed by atoms with Crippen LogP contribution in [0, 0.1) is 0 Å². The van der Waals surface area contributed by atoms with Gasteiger partial charge in [0.05, 0.1) is 11.3 Å². The van der Waals surface area contributed by atoms with Gasteiger partial charge in [-0.2, -0.15) is 5.10 Å². The minimum absolute atomic E-state index is 0.341. The fraction of sp³-hybridized carbons (Fsp3) is 0.207. The van der Waals surface area contributed by atoms with Crippen LogP contribution < -0.4 is 20.5 Å². The molecule has 3 heterocycles. The largest absolute Gasteiger partial charge is 0.486 e. The Balaban J connectivity index is 1.32. The van der Waals surface area contributed by atoms with Crippen LogP contribution in [0.3, 0.4) is 0 Å². The number of fused-ring (bicyclic) bond motifs is 2. The number of aryl methyl sites for hydroxylation is 1. The van der Waals surface area contributed by atoms with Gasteiger partial charge in [-0.05, 0) is 67.7 Å². The van der Waals surface area contributed by atoms with Crippen molar-refractivity contribution >= 4 is 34.2 Å². The molecule has 192 valence electrons. The van der Waals surface area contributed by atoms with E-state index in [9.17, 15) is 9.59 Å². The Morgan fingerprint density at radius 3 is 2.63 bits per heavy atom. The third-order valence-electron chi connectivity index (χ3n) is 6.65. The summed E-state index contributed by atoms with van der Waals surface area (Å²) in [6, 6.07) is 15.5. The Bertz CT molecular complexity index is 1550. The number of carbonyl (C=O) groups is 2. The molecule has 6 rings (SSSR count). The van der Waals surface area contributed by atoms with E-state index < -0.39 is 5.91 Å². The Hall–Kier alpha value is -4.37. The first-order valence-electron chi connectivity index (χ1n) is 12.6. The standard InChI is InChI=1S/C29H26N4O4S/c30-28(35)26-21-8-4-5-9-24(21)38-29(26)31-25(34)13-11-19-17-33(20-6-2-1-3-7-20)32-27(19)18-10-12-22-23(16-18)37-15-14-36-22/h1-3,6-7,10-13,16-17H,4-5,8-9,14-15H2,(H2,30,35)(H,31,34). The molecule has 1 aliphatic heterocycles. The molecule has 3 N–H and O–H groups in total. The van der Waals surface area contributed by atoms with E-state index in [1.54, 1.807) is 10.8 Å². The van der Waals surface area contributed by atoms with Crippen molar-refractivity contribution in [2.24, 2.45) is 5.73 Å². The molecule has 0 spiro atoms. The van der Waals surface area contributed by atoms with Crippen molar-refractivity contribution < 1.29 is 19.1 Å². The number of primary amides is 1. The molecule has 2 amide bonds. The number of nitrogens with one attached hydrogen (secondary N) is 1. The van der Waals surface area contributed by atoms with Gasteiger partial charge >= 0.3 is 0 Å². The van der Waals surface area contributed by atoms with E-state index in [1.165, 1.54) is 17.4 Å². The number of nitrogens with two attached hydrogens (primary N) is 1. The van der Waals surface area contributed by atoms with Crippen LogP contribution in [0.1, 0.15) is 39.2 Å². The lowest BCUT2D eigenvalue weighted by atomic mass is 9.95. The summed E-state index contributed by atoms with van der Waals surface area (Å²) in [4.78, 5) is 26.3. The van der Waals surface area contributed by atoms with Gasteiger partial charge in [-0.15, -0.1) is 11.3 Å². The van der Waals surface area contributed by atoms with Crippen LogP contribution in [0.25, 0.3) is 23.0 Å². The normalized spacial score (nSPS) is 14.3. The second-order valence-corrected chi connectivity index (χ2v) is 10.3. The molecular weight excluding hydrogens is 500 g/mol. The molecule has 1 aliphatic carbocycles. The molecule has 0 unspecified atom stereocenters. The van der Waals surface area contributed by atoms with Crippen LogP contribution in [0.2, 0.25) is 0 Å². The van der Waals surface area contributed by atoms with E-state index >= 15 is 0 Å². The van der Waals surface area contributed by atoms with Crippen molar-refractivity contribution in [2.75, 3.05) is 18.5 Å². The molecule has 9 heteroatoms. The molecule has 2 aromatic carbocycles. The fourth-order valence-electron chi connectivity index (χ4n) is 4.87. The zero-order chi connectivity index (χ0) is 26.1. The predicted octanol–water partition coefficient (Wildman–Crippen LogP) is 5.00. The number of hydrogen-bond acceptors (Lipinski definition) is 6. The molecule has 0 saturated heterocycles. The van der Waals surface area contributed by atoms with Gasteiger partial charge in [0.2, 0.25) is 5.91 Å². The number of ether oxygens (including phenoxy) is 2. The van der Waals surface area contributed by atoms with Crippen LogP contribution >= 0.6 is 11.3 Å². The average Bonchev–Trinajstić information content (AvgIpc) is 3.53. The number of carbonyl (C=O) groups excluding carboxylic acids is 2. The second-order valence-electron chi connectivity index (χ2n) is 9.17. The number of thiophene rings is 1. The first-order valence-corrected chi connectivity index (χ1v) is 13.4. The minimum atomic E-state index is -0.506. The molecule has 4 aromatic rings. The van der Waals surface area contributed by atoms with Crippen LogP contribution in [0.4, 0.5) is 5.00 Å². The minimum Gasteiger partial charge on any atom is -0.486 e. The smallest absolute Gasteiger partial charge is 0.251 e. The highest BCUT2D eigenvalue weighted by molar-refractivity contribution is 7.17. The molecule has 2 aliphatic rings. The van der Waals surface area contributed by atoms with Gasteiger partial charge < -0.3 is 20.5 Å². The highest BCUT2D eigenvalue weighted by Crippen LogP contribution is 2.38. The topological polar surface area (TPSA) is 108 Å². The number of rotatable bonds is 6. The molecule has 0 saturated carbocycles. The molecular formula is C29H26N4O4S. The zero-order valence-electron chi connectivity index (χ0n) is 20.6. The van der Waals surface area contributed by atoms with Crippen LogP contribution in [0.15, 0.2) is 60.8 Å². The number of hydrogen-bond donors (Lipinski definition) is 2.